The van der Waals surface area contributed by atoms with Crippen LogP contribution in [0.25, 0.3) is 0 Å². The molecule has 0 saturated heterocycles. The van der Waals surface area contributed by atoms with Gasteiger partial charge in [0.25, 0.3) is 10.5 Å². The molecular formula is C48H30Cl2F32N2O10. The Kier molecular flexibility index (Phi) is 25.4. The Hall–Kier alpha value is -7.06. The fraction of sp³-hybridized carbons (Fsp3) is 0.417. The van der Waals surface area contributed by atoms with Gasteiger partial charge in [0.05, 0.1) is 11.1 Å². The SMILES string of the molecule is CCc1ccc(CC(=O)c2ccc(C(C)=O)c(OC(F)(F)C(F)OC(F)(F)C(F)(OC(F)(F)C(F)(F)C(F)(F)F)C(F)(F)F)c2)cc1.Nc1ccc(N)cc1.O=C(Cl)c1ccc(C(=O)Cl)c(OC(F)(F)C(F)OC(F)(F)C(F)(OC(F)(F)C(F)(F)C(F)(F)F)C(F)(F)F)c1. The van der Waals surface area contributed by atoms with Crippen molar-refractivity contribution in [1.29, 1.82) is 0 Å². The molecule has 4 unspecified atom stereocenters. The summed E-state index contributed by atoms with van der Waals surface area (Å²) in [6.07, 6.45) is -84.5. The van der Waals surface area contributed by atoms with E-state index in [9.17, 15) is 160 Å². The number of nitrogen functional groups attached to an aromatic ring is 2. The Morgan fingerprint density at radius 2 is 0.745 bits per heavy atom. The average molecular weight is 1470 g/mol. The van der Waals surface area contributed by atoms with Crippen molar-refractivity contribution < 1.29 is 188 Å². The summed E-state index contributed by atoms with van der Waals surface area (Å²) in [5.41, 5.74) is 9.89. The third-order valence-corrected chi connectivity index (χ3v) is 11.2. The van der Waals surface area contributed by atoms with Crippen LogP contribution in [-0.2, 0) is 31.8 Å². The van der Waals surface area contributed by atoms with E-state index in [-0.39, 0.29) is 6.07 Å². The lowest BCUT2D eigenvalue weighted by atomic mass is 9.99. The number of ketones is 2. The van der Waals surface area contributed by atoms with E-state index >= 15 is 0 Å². The first kappa shape index (κ1) is 83.0. The summed E-state index contributed by atoms with van der Waals surface area (Å²) in [7, 11) is 0. The molecule has 4 rings (SSSR count). The molecule has 0 bridgehead atoms. The van der Waals surface area contributed by atoms with E-state index in [4.69, 9.17) is 34.7 Å². The van der Waals surface area contributed by atoms with Crippen molar-refractivity contribution in [2.75, 3.05) is 11.5 Å². The molecule has 0 aliphatic carbocycles. The van der Waals surface area contributed by atoms with Gasteiger partial charge in [0.1, 0.15) is 11.5 Å². The second-order valence-electron chi connectivity index (χ2n) is 17.8. The first-order valence-corrected chi connectivity index (χ1v) is 24.1. The number of hydrogen-bond acceptors (Lipinski definition) is 12. The molecule has 0 saturated carbocycles. The Bertz CT molecular complexity index is 3270. The molecule has 0 fully saturated rings. The molecule has 0 heterocycles. The molecule has 0 aliphatic heterocycles. The minimum absolute atomic E-state index is 0.0573. The number of aryl methyl sites for hydroxylation is 1. The summed E-state index contributed by atoms with van der Waals surface area (Å²) < 4.78 is 439. The van der Waals surface area contributed by atoms with Crippen molar-refractivity contribution >= 4 is 56.6 Å². The van der Waals surface area contributed by atoms with Gasteiger partial charge in [-0.2, -0.15) is 132 Å². The van der Waals surface area contributed by atoms with Gasteiger partial charge in [0.15, 0.2) is 11.6 Å². The summed E-state index contributed by atoms with van der Waals surface area (Å²) >= 11 is 9.95. The van der Waals surface area contributed by atoms with Crippen molar-refractivity contribution in [3.63, 3.8) is 0 Å². The number of nitrogens with two attached hydrogens (primary N) is 2. The van der Waals surface area contributed by atoms with Crippen LogP contribution in [-0.4, -0.2) is 120 Å². The number of hydrogen-bond donors (Lipinski definition) is 2. The maximum Gasteiger partial charge on any atom is 0.462 e. The van der Waals surface area contributed by atoms with Crippen molar-refractivity contribution in [3.05, 3.63) is 118 Å². The molecule has 4 aromatic carbocycles. The highest BCUT2D eigenvalue weighted by Crippen LogP contribution is 2.58. The quantitative estimate of drug-likeness (QED) is 0.0278. The molecule has 0 radical (unpaired) electrons. The van der Waals surface area contributed by atoms with Gasteiger partial charge < -0.3 is 20.9 Å². The Labute approximate surface area is 509 Å². The van der Waals surface area contributed by atoms with E-state index in [2.05, 4.69) is 18.9 Å². The molecule has 94 heavy (non-hydrogen) atoms. The van der Waals surface area contributed by atoms with Gasteiger partial charge in [-0.25, -0.2) is 8.78 Å². The van der Waals surface area contributed by atoms with Gasteiger partial charge in [-0.1, -0.05) is 37.3 Å². The first-order chi connectivity index (χ1) is 41.9. The second-order valence-corrected chi connectivity index (χ2v) is 18.4. The van der Waals surface area contributed by atoms with Crippen molar-refractivity contribution in [2.45, 2.75) is 124 Å². The smallest absolute Gasteiger partial charge is 0.428 e. The molecule has 12 nitrogen and oxygen atoms in total. The number of carbonyl (C=O) groups excluding carboxylic acids is 4. The van der Waals surface area contributed by atoms with Crippen LogP contribution in [0, 0.1) is 0 Å². The van der Waals surface area contributed by atoms with Crippen LogP contribution in [0.15, 0.2) is 84.9 Å². The zero-order chi connectivity index (χ0) is 73.8. The largest absolute Gasteiger partial charge is 0.462 e. The van der Waals surface area contributed by atoms with Crippen LogP contribution in [0.4, 0.5) is 152 Å². The molecular weight excluding hydrogens is 1440 g/mol. The van der Waals surface area contributed by atoms with Crippen LogP contribution in [0.2, 0.25) is 0 Å². The maximum atomic E-state index is 14.5. The molecule has 0 aliphatic rings. The second kappa shape index (κ2) is 28.7. The number of benzene rings is 4. The van der Waals surface area contributed by atoms with E-state index in [0.29, 0.717) is 43.2 Å². The monoisotopic (exact) mass is 1470 g/mol. The lowest BCUT2D eigenvalue weighted by Crippen LogP contribution is -2.66. The van der Waals surface area contributed by atoms with Crippen LogP contribution in [0.1, 0.15) is 66.4 Å². The van der Waals surface area contributed by atoms with Crippen molar-refractivity contribution in [1.82, 2.24) is 0 Å². The number of ether oxygens (including phenoxy) is 6. The number of halogens is 34. The summed E-state index contributed by atoms with van der Waals surface area (Å²) in [4.78, 5) is 46.8. The predicted molar refractivity (Wildman–Crippen MR) is 249 cm³/mol. The van der Waals surface area contributed by atoms with Gasteiger partial charge in [0, 0.05) is 28.9 Å². The topological polar surface area (TPSA) is 176 Å². The summed E-state index contributed by atoms with van der Waals surface area (Å²) in [6, 6.07) is 16.2. The van der Waals surface area contributed by atoms with Crippen LogP contribution in [0.5, 0.6) is 11.5 Å². The van der Waals surface area contributed by atoms with Crippen molar-refractivity contribution in [2.24, 2.45) is 0 Å². The summed E-state index contributed by atoms with van der Waals surface area (Å²) in [5, 5.41) is -3.26. The minimum atomic E-state index is -7.87. The standard InChI is InChI=1S/C26H18F16O5.C16H4Cl2F16O5.C6H8N2/c1-3-13-4-6-14(7-5-13)10-17(44)15-8-9-16(12(2)43)18(11-15)45-20(28,29)19(27)46-26(41,42)22(32,24(36,37)38)47-25(39,40)21(30,31)23(33,34)35;17-7(35)4-1-2-5(8(18)36)6(3-4)37-10(20,21)9(19)38-16(33,34)12(24,14(28,29)30)39-15(31,32)11(22,23)13(25,26)27;7-5-1-2-6(8)4-3-5/h4-9,11,19H,3,10H2,1-2H3;1-3,9H;1-4H,7-8H2. The number of rotatable bonds is 25. The predicted octanol–water partition coefficient (Wildman–Crippen LogP) is 17.0. The third-order valence-electron chi connectivity index (χ3n) is 10.8. The average Bonchev–Trinajstić information content (AvgIpc) is 0.737. The zero-order valence-electron chi connectivity index (χ0n) is 44.7. The molecule has 4 N–H and O–H groups in total. The molecule has 4 atom stereocenters. The number of Topliss-reactive ketones (excluding diaryl/α,β-unsaturated/α-hetero) is 2. The van der Waals surface area contributed by atoms with Crippen molar-refractivity contribution in [3.8, 4) is 11.5 Å². The van der Waals surface area contributed by atoms with Gasteiger partial charge in [-0.05, 0) is 102 Å². The molecule has 46 heteroatoms. The summed E-state index contributed by atoms with van der Waals surface area (Å²) in [5.74, 6) is -36.7. The van der Waals surface area contributed by atoms with Gasteiger partial charge in [0.2, 0.25) is 0 Å². The normalized spacial score (nSPS) is 15.4. The maximum absolute atomic E-state index is 14.5. The fourth-order valence-electron chi connectivity index (χ4n) is 5.95. The Morgan fingerprint density at radius 1 is 0.426 bits per heavy atom. The molecule has 0 spiro atoms. The Morgan fingerprint density at radius 3 is 1.05 bits per heavy atom. The fourth-order valence-corrected chi connectivity index (χ4v) is 6.22. The number of anilines is 2. The molecule has 4 aromatic rings. The van der Waals surface area contributed by atoms with Crippen LogP contribution in [0.3, 0.4) is 0 Å². The van der Waals surface area contributed by atoms with E-state index in [1.807, 2.05) is 6.92 Å². The van der Waals surface area contributed by atoms with Gasteiger partial charge in [-0.3, -0.25) is 38.1 Å². The number of carbonyl (C=O) groups is 4. The molecule has 530 valence electrons. The van der Waals surface area contributed by atoms with E-state index in [1.165, 1.54) is 21.6 Å². The van der Waals surface area contributed by atoms with Gasteiger partial charge in [-0.15, -0.1) is 0 Å². The Balaban J connectivity index is 0.000000577. The van der Waals surface area contributed by atoms with Crippen LogP contribution < -0.4 is 20.9 Å². The minimum Gasteiger partial charge on any atom is -0.428 e. The highest BCUT2D eigenvalue weighted by atomic mass is 35.5. The van der Waals surface area contributed by atoms with E-state index in [1.54, 1.807) is 36.4 Å². The zero-order valence-corrected chi connectivity index (χ0v) is 46.3. The first-order valence-electron chi connectivity index (χ1n) is 23.4. The lowest BCUT2D eigenvalue weighted by molar-refractivity contribution is -0.543. The molecule has 0 aromatic heterocycles. The van der Waals surface area contributed by atoms with Gasteiger partial charge >= 0.3 is 97.6 Å². The van der Waals surface area contributed by atoms with E-state index in [0.717, 1.165) is 23.0 Å². The van der Waals surface area contributed by atoms with E-state index < -0.39 is 160 Å². The lowest BCUT2D eigenvalue weighted by Gasteiger charge is -2.38. The highest BCUT2D eigenvalue weighted by Gasteiger charge is 2.86. The highest BCUT2D eigenvalue weighted by molar-refractivity contribution is 6.68. The number of alkyl halides is 32. The van der Waals surface area contributed by atoms with Crippen LogP contribution >= 0.6 is 23.2 Å². The summed E-state index contributed by atoms with van der Waals surface area (Å²) in [6.45, 7) is 2.49. The molecule has 0 amide bonds. The third kappa shape index (κ3) is 19.1.